The molecule has 0 radical (unpaired) electrons. The van der Waals surface area contributed by atoms with Crippen LogP contribution in [0.1, 0.15) is 46.0 Å². The van der Waals surface area contributed by atoms with Gasteiger partial charge in [-0.3, -0.25) is 14.9 Å². The van der Waals surface area contributed by atoms with E-state index in [1.807, 2.05) is 48.3 Å². The van der Waals surface area contributed by atoms with Crippen LogP contribution in [0.25, 0.3) is 11.1 Å². The minimum Gasteiger partial charge on any atom is -0.507 e. The predicted molar refractivity (Wildman–Crippen MR) is 147 cm³/mol. The monoisotopic (exact) mass is 535 g/mol. The summed E-state index contributed by atoms with van der Waals surface area (Å²) in [5, 5.41) is 30.5. The Morgan fingerprint density at radius 2 is 1.95 bits per heavy atom. The number of carbonyl (C=O) groups excluding carboxylic acids is 2. The number of hydrazine groups is 1. The molecule has 3 aromatic carbocycles. The van der Waals surface area contributed by atoms with E-state index in [9.17, 15) is 19.8 Å². The number of nitrogens with zero attached hydrogens (tertiary/aromatic N) is 2. The first kappa shape index (κ1) is 27.7. The Hall–Kier alpha value is -3.37. The summed E-state index contributed by atoms with van der Waals surface area (Å²) in [6.45, 7) is 3.62. The minimum absolute atomic E-state index is 0.0338. The first-order chi connectivity index (χ1) is 18.3. The number of aliphatic hydroxyl groups excluding tert-OH is 1. The standard InChI is InChI=1S/C29H33N3O5S/c1-19-16-23(38-30)7-9-24(19)21-4-3-5-22(18-21)26(33)11-13-31-14-12-28(35)32(31)15-10-20-6-8-25(27(34)17-20)29(36)37-2/h3-9,16-18,26,33-34H,10-15,30H2,1-2H3. The Bertz CT molecular complexity index is 1320. The number of hydrogen-bond donors (Lipinski definition) is 3. The molecule has 4 rings (SSSR count). The van der Waals surface area contributed by atoms with Crippen LogP contribution >= 0.6 is 11.9 Å². The highest BCUT2D eigenvalue weighted by atomic mass is 32.2. The van der Waals surface area contributed by atoms with Gasteiger partial charge in [0, 0.05) is 31.0 Å². The van der Waals surface area contributed by atoms with E-state index in [1.165, 1.54) is 31.2 Å². The average molecular weight is 536 g/mol. The molecule has 0 bridgehead atoms. The quantitative estimate of drug-likeness (QED) is 0.261. The lowest BCUT2D eigenvalue weighted by molar-refractivity contribution is -0.138. The topological polar surface area (TPSA) is 116 Å². The number of nitrogens with two attached hydrogens (primary N) is 1. The Labute approximate surface area is 227 Å². The molecule has 8 nitrogen and oxygen atoms in total. The first-order valence-electron chi connectivity index (χ1n) is 12.5. The zero-order chi connectivity index (χ0) is 27.2. The van der Waals surface area contributed by atoms with E-state index in [0.29, 0.717) is 38.9 Å². The highest BCUT2D eigenvalue weighted by molar-refractivity contribution is 7.97. The van der Waals surface area contributed by atoms with Crippen LogP contribution in [-0.4, -0.2) is 58.9 Å². The van der Waals surface area contributed by atoms with Crippen molar-refractivity contribution in [2.45, 2.75) is 37.2 Å². The molecule has 1 atom stereocenters. The molecule has 1 aliphatic heterocycles. The second-order valence-corrected chi connectivity index (χ2v) is 10.0. The molecule has 0 saturated carbocycles. The van der Waals surface area contributed by atoms with Gasteiger partial charge in [0.25, 0.3) is 0 Å². The van der Waals surface area contributed by atoms with Crippen molar-refractivity contribution >= 4 is 23.8 Å². The number of esters is 1. The second kappa shape index (κ2) is 12.4. The van der Waals surface area contributed by atoms with Gasteiger partial charge in [0.1, 0.15) is 11.3 Å². The maximum atomic E-state index is 12.6. The van der Waals surface area contributed by atoms with Crippen LogP contribution in [0.2, 0.25) is 0 Å². The summed E-state index contributed by atoms with van der Waals surface area (Å²) in [6.07, 6.45) is 0.746. The van der Waals surface area contributed by atoms with E-state index in [4.69, 9.17) is 5.14 Å². The van der Waals surface area contributed by atoms with Crippen molar-refractivity contribution in [1.29, 1.82) is 0 Å². The molecule has 1 heterocycles. The lowest BCUT2D eigenvalue weighted by Crippen LogP contribution is -2.41. The maximum absolute atomic E-state index is 12.6. The number of benzene rings is 3. The van der Waals surface area contributed by atoms with Crippen molar-refractivity contribution in [3.63, 3.8) is 0 Å². The number of ether oxygens (including phenoxy) is 1. The van der Waals surface area contributed by atoms with Crippen molar-refractivity contribution in [2.24, 2.45) is 5.14 Å². The van der Waals surface area contributed by atoms with Crippen LogP contribution in [0.4, 0.5) is 0 Å². The van der Waals surface area contributed by atoms with Gasteiger partial charge in [-0.05, 0) is 89.9 Å². The molecule has 3 aromatic rings. The molecule has 1 unspecified atom stereocenters. The molecule has 4 N–H and O–H groups in total. The Morgan fingerprint density at radius 3 is 2.66 bits per heavy atom. The van der Waals surface area contributed by atoms with Crippen molar-refractivity contribution in [1.82, 2.24) is 10.0 Å². The third-order valence-corrected chi connectivity index (χ3v) is 7.40. The van der Waals surface area contributed by atoms with E-state index < -0.39 is 12.1 Å². The lowest BCUT2D eigenvalue weighted by atomic mass is 9.96. The van der Waals surface area contributed by atoms with E-state index in [1.54, 1.807) is 11.1 Å². The summed E-state index contributed by atoms with van der Waals surface area (Å²) in [6, 6.07) is 18.8. The zero-order valence-electron chi connectivity index (χ0n) is 21.6. The van der Waals surface area contributed by atoms with Gasteiger partial charge in [0.2, 0.25) is 5.91 Å². The minimum atomic E-state index is -0.672. The van der Waals surface area contributed by atoms with Crippen molar-refractivity contribution < 1.29 is 24.5 Å². The van der Waals surface area contributed by atoms with Crippen LogP contribution in [0.5, 0.6) is 5.75 Å². The number of rotatable bonds is 10. The first-order valence-corrected chi connectivity index (χ1v) is 13.4. The maximum Gasteiger partial charge on any atom is 0.341 e. The smallest absolute Gasteiger partial charge is 0.341 e. The Morgan fingerprint density at radius 1 is 1.13 bits per heavy atom. The van der Waals surface area contributed by atoms with Gasteiger partial charge in [0.15, 0.2) is 0 Å². The van der Waals surface area contributed by atoms with Gasteiger partial charge in [0.05, 0.1) is 13.2 Å². The van der Waals surface area contributed by atoms with E-state index in [-0.39, 0.29) is 17.2 Å². The number of aryl methyl sites for hydroxylation is 1. The number of phenolic OH excluding ortho intramolecular Hbond substituents is 1. The molecule has 0 aliphatic carbocycles. The van der Waals surface area contributed by atoms with Gasteiger partial charge in [-0.25, -0.2) is 9.80 Å². The van der Waals surface area contributed by atoms with Crippen LogP contribution in [0, 0.1) is 6.92 Å². The summed E-state index contributed by atoms with van der Waals surface area (Å²) in [5.41, 5.74) is 4.99. The zero-order valence-corrected chi connectivity index (χ0v) is 22.4. The van der Waals surface area contributed by atoms with Gasteiger partial charge in [-0.2, -0.15) is 0 Å². The van der Waals surface area contributed by atoms with Gasteiger partial charge in [-0.15, -0.1) is 0 Å². The molecule has 0 spiro atoms. The van der Waals surface area contributed by atoms with Gasteiger partial charge in [-0.1, -0.05) is 30.3 Å². The van der Waals surface area contributed by atoms with Crippen LogP contribution < -0.4 is 5.14 Å². The molecular formula is C29H33N3O5S. The number of phenols is 1. The predicted octanol–water partition coefficient (Wildman–Crippen LogP) is 4.24. The summed E-state index contributed by atoms with van der Waals surface area (Å²) in [5.74, 6) is -0.710. The highest BCUT2D eigenvalue weighted by Crippen LogP contribution is 2.30. The van der Waals surface area contributed by atoms with Crippen LogP contribution in [-0.2, 0) is 16.0 Å². The fraction of sp³-hybridized carbons (Fsp3) is 0.310. The fourth-order valence-corrected chi connectivity index (χ4v) is 5.16. The molecule has 1 fully saturated rings. The molecule has 200 valence electrons. The van der Waals surface area contributed by atoms with Gasteiger partial charge >= 0.3 is 5.97 Å². The molecule has 0 aromatic heterocycles. The van der Waals surface area contributed by atoms with E-state index in [2.05, 4.69) is 10.8 Å². The number of aliphatic hydroxyl groups is 1. The van der Waals surface area contributed by atoms with Crippen LogP contribution in [0.15, 0.2) is 65.6 Å². The Kier molecular flexibility index (Phi) is 9.06. The Balaban J connectivity index is 1.37. The number of methoxy groups -OCH3 is 1. The number of aromatic hydroxyl groups is 1. The van der Waals surface area contributed by atoms with Crippen molar-refractivity contribution in [3.8, 4) is 16.9 Å². The number of hydrogen-bond acceptors (Lipinski definition) is 8. The third kappa shape index (κ3) is 6.36. The normalized spacial score (nSPS) is 14.6. The molecule has 1 saturated heterocycles. The highest BCUT2D eigenvalue weighted by Gasteiger charge is 2.29. The molecular weight excluding hydrogens is 502 g/mol. The van der Waals surface area contributed by atoms with E-state index >= 15 is 0 Å². The molecule has 38 heavy (non-hydrogen) atoms. The third-order valence-electron chi connectivity index (χ3n) is 6.87. The summed E-state index contributed by atoms with van der Waals surface area (Å²) >= 11 is 1.22. The summed E-state index contributed by atoms with van der Waals surface area (Å²) in [7, 11) is 1.26. The van der Waals surface area contributed by atoms with Crippen molar-refractivity contribution in [2.75, 3.05) is 26.7 Å². The van der Waals surface area contributed by atoms with Crippen LogP contribution in [0.3, 0.4) is 0 Å². The fourth-order valence-electron chi connectivity index (χ4n) is 4.77. The average Bonchev–Trinajstić information content (AvgIpc) is 3.28. The molecule has 1 aliphatic rings. The molecule has 9 heteroatoms. The lowest BCUT2D eigenvalue weighted by Gasteiger charge is -2.29. The SMILES string of the molecule is COC(=O)c1ccc(CCN2C(=O)CCN2CCC(O)c2cccc(-c3ccc(SN)cc3C)c2)cc1O. The molecule has 1 amide bonds. The van der Waals surface area contributed by atoms with Crippen molar-refractivity contribution in [3.05, 3.63) is 82.9 Å². The summed E-state index contributed by atoms with van der Waals surface area (Å²) in [4.78, 5) is 25.2. The second-order valence-electron chi connectivity index (χ2n) is 9.34. The largest absolute Gasteiger partial charge is 0.507 e. The van der Waals surface area contributed by atoms with Gasteiger partial charge < -0.3 is 14.9 Å². The number of carbonyl (C=O) groups is 2. The summed E-state index contributed by atoms with van der Waals surface area (Å²) < 4.78 is 4.66. The van der Waals surface area contributed by atoms with E-state index in [0.717, 1.165) is 32.7 Å². The number of amides is 1.